The Labute approximate surface area is 58.4 Å². The average molecular weight is 173 g/mol. The molecule has 0 unspecified atom stereocenters. The molecule has 8 heavy (non-hydrogen) atoms. The monoisotopic (exact) mass is 172 g/mol. The molecule has 0 fully saturated rings. The van der Waals surface area contributed by atoms with E-state index in [1.807, 2.05) is 0 Å². The Hall–Kier alpha value is -0.477. The summed E-state index contributed by atoms with van der Waals surface area (Å²) in [6.07, 6.45) is 0. The van der Waals surface area contributed by atoms with Crippen LogP contribution in [0.25, 0.3) is 0 Å². The molecule has 0 aliphatic carbocycles. The van der Waals surface area contributed by atoms with E-state index < -0.39 is 0 Å². The minimum Gasteiger partial charge on any atom is -0.665 e. The van der Waals surface area contributed by atoms with Gasteiger partial charge in [0.05, 0.1) is 0 Å². The largest absolute Gasteiger partial charge is 2.00 e. The summed E-state index contributed by atoms with van der Waals surface area (Å²) in [7, 11) is 0. The van der Waals surface area contributed by atoms with Crippen molar-refractivity contribution in [2.45, 2.75) is 0 Å². The predicted molar refractivity (Wildman–Crippen MR) is 20.3 cm³/mol. The maximum absolute atomic E-state index is 8.24. The summed E-state index contributed by atoms with van der Waals surface area (Å²) in [4.78, 5) is 16.5. The predicted octanol–water partition coefficient (Wildman–Crippen LogP) is -1.60. The van der Waals surface area contributed by atoms with E-state index in [0.717, 1.165) is 0 Å². The van der Waals surface area contributed by atoms with E-state index in [0.29, 0.717) is 12.9 Å². The van der Waals surface area contributed by atoms with Gasteiger partial charge in [-0.3, -0.25) is 0 Å². The van der Waals surface area contributed by atoms with Crippen LogP contribution in [0.3, 0.4) is 0 Å². The minimum atomic E-state index is 0. The van der Waals surface area contributed by atoms with E-state index >= 15 is 0 Å². The summed E-state index contributed by atoms with van der Waals surface area (Å²) in [6, 6.07) is 0. The van der Waals surface area contributed by atoms with Crippen molar-refractivity contribution in [1.82, 2.24) is 0 Å². The van der Waals surface area contributed by atoms with Gasteiger partial charge in [-0.25, -0.2) is 0 Å². The van der Waals surface area contributed by atoms with Gasteiger partial charge in [-0.15, -0.1) is 0 Å². The standard InChI is InChI=1S/2CHO2.H2O.Zn/c2*2-1-3;;/h2*(H,2,3);1H2;/q2*-1;;+2. The first-order valence-corrected chi connectivity index (χ1v) is 0.855. The maximum atomic E-state index is 8.24. The molecule has 0 saturated carbocycles. The number of hydrogen-bond acceptors (Lipinski definition) is 2. The average Bonchev–Trinajstić information content (AvgIpc) is 1.39. The van der Waals surface area contributed by atoms with Crippen molar-refractivity contribution in [3.63, 3.8) is 0 Å². The zero-order valence-electron chi connectivity index (χ0n) is 3.92. The van der Waals surface area contributed by atoms with Crippen molar-refractivity contribution in [1.29, 1.82) is 0 Å². The quantitative estimate of drug-likeness (QED) is 0.340. The normalized spacial score (nSPS) is 3.00. The molecule has 0 aromatic heterocycles. The van der Waals surface area contributed by atoms with E-state index in [9.17, 15) is 0 Å². The molecule has 0 saturated heterocycles. The molecule has 0 aliphatic heterocycles. The van der Waals surface area contributed by atoms with Crippen LogP contribution in [0.1, 0.15) is 0 Å². The van der Waals surface area contributed by atoms with Gasteiger partial charge in [0.1, 0.15) is 0 Å². The molecule has 6 heteroatoms. The molecule has 5 nitrogen and oxygen atoms in total. The summed E-state index contributed by atoms with van der Waals surface area (Å²) in [6.45, 7) is 1.00. The van der Waals surface area contributed by atoms with E-state index in [2.05, 4.69) is 0 Å². The molecule has 0 amide bonds. The van der Waals surface area contributed by atoms with E-state index in [1.54, 1.807) is 0 Å². The van der Waals surface area contributed by atoms with E-state index in [-0.39, 0.29) is 25.0 Å². The maximum Gasteiger partial charge on any atom is 2.00 e. The molecule has 0 bridgehead atoms. The molecular weight excluding hydrogens is 169 g/mol. The molecular formula is C2H4O5Zn. The van der Waals surface area contributed by atoms with Crippen LogP contribution in [0.15, 0.2) is 0 Å². The van der Waals surface area contributed by atoms with Crippen LogP contribution in [0.4, 0.5) is 0 Å². The fourth-order valence-electron chi connectivity index (χ4n) is 0. The SMILES string of the molecule is O.O=[C-]O.O=[C-]O.[Zn+2]. The first-order valence-electron chi connectivity index (χ1n) is 0.855. The number of hydrogen-bond donors (Lipinski definition) is 2. The van der Waals surface area contributed by atoms with Crippen molar-refractivity contribution in [3.05, 3.63) is 0 Å². The summed E-state index contributed by atoms with van der Waals surface area (Å²) < 4.78 is 0. The van der Waals surface area contributed by atoms with Gasteiger partial charge in [0, 0.05) is 0 Å². The Balaban J connectivity index is -0.0000000160. The summed E-state index contributed by atoms with van der Waals surface area (Å²) in [5.41, 5.74) is 0. The second-order valence-corrected chi connectivity index (χ2v) is 0.183. The number of aliphatic hydroxyl groups excluding tert-OH is 2. The van der Waals surface area contributed by atoms with E-state index in [4.69, 9.17) is 19.8 Å². The molecule has 0 rings (SSSR count). The van der Waals surface area contributed by atoms with Crippen LogP contribution in [0.2, 0.25) is 0 Å². The zero-order chi connectivity index (χ0) is 5.41. The summed E-state index contributed by atoms with van der Waals surface area (Å²) in [5.74, 6) is 0. The number of rotatable bonds is 0. The van der Waals surface area contributed by atoms with Crippen molar-refractivity contribution in [2.75, 3.05) is 0 Å². The second-order valence-electron chi connectivity index (χ2n) is 0.183. The van der Waals surface area contributed by atoms with Crippen molar-refractivity contribution >= 4 is 12.9 Å². The zero-order valence-corrected chi connectivity index (χ0v) is 6.89. The minimum absolute atomic E-state index is 0. The molecule has 0 aromatic rings. The van der Waals surface area contributed by atoms with Crippen LogP contribution >= 0.6 is 0 Å². The van der Waals surface area contributed by atoms with Crippen LogP contribution in [0.5, 0.6) is 0 Å². The van der Waals surface area contributed by atoms with Gasteiger partial charge >= 0.3 is 19.5 Å². The fourth-order valence-corrected chi connectivity index (χ4v) is 0. The first kappa shape index (κ1) is 25.8. The third kappa shape index (κ3) is 497. The summed E-state index contributed by atoms with van der Waals surface area (Å²) >= 11 is 0. The molecule has 0 atom stereocenters. The third-order valence-electron chi connectivity index (χ3n) is 0. The Morgan fingerprint density at radius 2 is 1.00 bits per heavy atom. The van der Waals surface area contributed by atoms with Crippen molar-refractivity contribution in [2.24, 2.45) is 0 Å². The van der Waals surface area contributed by atoms with Crippen LogP contribution < -0.4 is 0 Å². The second kappa shape index (κ2) is 85.8. The Morgan fingerprint density at radius 3 is 1.00 bits per heavy atom. The Kier molecular flexibility index (Phi) is 276. The summed E-state index contributed by atoms with van der Waals surface area (Å²) in [5, 5.41) is 13.5. The third-order valence-corrected chi connectivity index (χ3v) is 0. The van der Waals surface area contributed by atoms with Gasteiger partial charge in [0.25, 0.3) is 0 Å². The fraction of sp³-hybridized carbons (Fsp3) is 0. The van der Waals surface area contributed by atoms with Crippen LogP contribution in [0, 0.1) is 0 Å². The van der Waals surface area contributed by atoms with Gasteiger partial charge in [0.2, 0.25) is 0 Å². The molecule has 4 N–H and O–H groups in total. The van der Waals surface area contributed by atoms with Crippen molar-refractivity contribution in [3.8, 4) is 0 Å². The molecule has 0 heterocycles. The van der Waals surface area contributed by atoms with Crippen LogP contribution in [-0.4, -0.2) is 28.6 Å². The van der Waals surface area contributed by atoms with E-state index in [1.165, 1.54) is 0 Å². The van der Waals surface area contributed by atoms with Gasteiger partial charge in [-0.1, -0.05) is 12.9 Å². The molecule has 0 radical (unpaired) electrons. The Bertz CT molecular complexity index is 31.4. The topological polar surface area (TPSA) is 106 Å². The smallest absolute Gasteiger partial charge is 0.665 e. The molecule has 0 spiro atoms. The van der Waals surface area contributed by atoms with Gasteiger partial charge in [-0.2, -0.15) is 0 Å². The molecule has 0 aromatic carbocycles. The molecule has 44 valence electrons. The van der Waals surface area contributed by atoms with Crippen molar-refractivity contribution < 1.29 is 44.8 Å². The molecule has 0 aliphatic rings. The Morgan fingerprint density at radius 1 is 1.00 bits per heavy atom. The van der Waals surface area contributed by atoms with Gasteiger partial charge in [-0.05, 0) is 0 Å². The first-order chi connectivity index (χ1) is 2.83. The van der Waals surface area contributed by atoms with Gasteiger partial charge < -0.3 is 25.3 Å². The van der Waals surface area contributed by atoms with Crippen LogP contribution in [-0.2, 0) is 29.1 Å². The van der Waals surface area contributed by atoms with Gasteiger partial charge in [0.15, 0.2) is 0 Å².